The topological polar surface area (TPSA) is 81.7 Å². The molecule has 0 aromatic carbocycles. The first-order valence-corrected chi connectivity index (χ1v) is 5.41. The Morgan fingerprint density at radius 1 is 1.25 bits per heavy atom. The van der Waals surface area contributed by atoms with Gasteiger partial charge in [-0.1, -0.05) is 0 Å². The summed E-state index contributed by atoms with van der Waals surface area (Å²) in [7, 11) is 3.28. The highest BCUT2D eigenvalue weighted by Gasteiger charge is 2.08. The largest absolute Gasteiger partial charge is 0.396 e. The van der Waals surface area contributed by atoms with Gasteiger partial charge in [-0.3, -0.25) is 15.0 Å². The minimum absolute atomic E-state index is 0.201. The van der Waals surface area contributed by atoms with Crippen molar-refractivity contribution in [1.29, 1.82) is 0 Å². The summed E-state index contributed by atoms with van der Waals surface area (Å²) in [5.74, 6) is -0.316. The maximum Gasteiger partial charge on any atom is 0.321 e. The van der Waals surface area contributed by atoms with Crippen molar-refractivity contribution in [2.45, 2.75) is 19.3 Å². The SMILES string of the molecule is CNC(=O)NC(=O)CN(C)CCCCCO. The molecule has 16 heavy (non-hydrogen) atoms. The maximum absolute atomic E-state index is 11.3. The highest BCUT2D eigenvalue weighted by molar-refractivity contribution is 5.95. The monoisotopic (exact) mass is 231 g/mol. The third-order valence-corrected chi connectivity index (χ3v) is 2.09. The molecule has 0 aromatic rings. The molecule has 3 amide bonds. The number of carbonyl (C=O) groups is 2. The first-order chi connectivity index (χ1) is 7.60. The maximum atomic E-state index is 11.3. The van der Waals surface area contributed by atoms with E-state index in [1.54, 1.807) is 0 Å². The first-order valence-electron chi connectivity index (χ1n) is 5.41. The number of amides is 3. The molecule has 94 valence electrons. The van der Waals surface area contributed by atoms with E-state index >= 15 is 0 Å². The summed E-state index contributed by atoms with van der Waals surface area (Å²) in [4.78, 5) is 23.9. The average Bonchev–Trinajstić information content (AvgIpc) is 2.24. The summed E-state index contributed by atoms with van der Waals surface area (Å²) < 4.78 is 0. The van der Waals surface area contributed by atoms with Crippen LogP contribution in [0.5, 0.6) is 0 Å². The molecule has 0 aliphatic carbocycles. The Morgan fingerprint density at radius 2 is 1.94 bits per heavy atom. The number of carbonyl (C=O) groups excluding carboxylic acids is 2. The van der Waals surface area contributed by atoms with Gasteiger partial charge in [0.15, 0.2) is 0 Å². The zero-order chi connectivity index (χ0) is 12.4. The smallest absolute Gasteiger partial charge is 0.321 e. The normalized spacial score (nSPS) is 10.2. The molecule has 6 nitrogen and oxygen atoms in total. The van der Waals surface area contributed by atoms with Gasteiger partial charge in [-0.25, -0.2) is 4.79 Å². The molecule has 0 heterocycles. The van der Waals surface area contributed by atoms with Crippen molar-refractivity contribution in [3.63, 3.8) is 0 Å². The Bertz CT molecular complexity index is 221. The molecule has 0 saturated heterocycles. The van der Waals surface area contributed by atoms with Crippen LogP contribution in [0.25, 0.3) is 0 Å². The number of nitrogens with zero attached hydrogens (tertiary/aromatic N) is 1. The summed E-state index contributed by atoms with van der Waals surface area (Å²) in [6.07, 6.45) is 2.67. The predicted octanol–water partition coefficient (Wildman–Crippen LogP) is -0.464. The highest BCUT2D eigenvalue weighted by Crippen LogP contribution is 1.96. The lowest BCUT2D eigenvalue weighted by molar-refractivity contribution is -0.120. The van der Waals surface area contributed by atoms with Crippen LogP contribution < -0.4 is 10.6 Å². The first kappa shape index (κ1) is 14.9. The van der Waals surface area contributed by atoms with E-state index in [4.69, 9.17) is 5.11 Å². The standard InChI is InChI=1S/C10H21N3O3/c1-11-10(16)12-9(15)8-13(2)6-4-3-5-7-14/h14H,3-8H2,1-2H3,(H2,11,12,15,16). The van der Waals surface area contributed by atoms with E-state index < -0.39 is 6.03 Å². The zero-order valence-corrected chi connectivity index (χ0v) is 9.95. The molecule has 0 unspecified atom stereocenters. The van der Waals surface area contributed by atoms with Crippen LogP contribution in [0.15, 0.2) is 0 Å². The third-order valence-electron chi connectivity index (χ3n) is 2.09. The van der Waals surface area contributed by atoms with Crippen LogP contribution in [0.1, 0.15) is 19.3 Å². The van der Waals surface area contributed by atoms with Crippen molar-refractivity contribution in [2.75, 3.05) is 33.8 Å². The number of unbranched alkanes of at least 4 members (excludes halogenated alkanes) is 2. The average molecular weight is 231 g/mol. The number of imide groups is 1. The molecule has 0 atom stereocenters. The number of hydrogen-bond donors (Lipinski definition) is 3. The molecule has 0 radical (unpaired) electrons. The van der Waals surface area contributed by atoms with Gasteiger partial charge in [-0.05, 0) is 32.9 Å². The Morgan fingerprint density at radius 3 is 2.50 bits per heavy atom. The van der Waals surface area contributed by atoms with Crippen molar-refractivity contribution >= 4 is 11.9 Å². The second-order valence-corrected chi connectivity index (χ2v) is 3.65. The van der Waals surface area contributed by atoms with Crippen LogP contribution in [-0.2, 0) is 4.79 Å². The van der Waals surface area contributed by atoms with Crippen molar-refractivity contribution in [2.24, 2.45) is 0 Å². The molecule has 3 N–H and O–H groups in total. The van der Waals surface area contributed by atoms with Crippen molar-refractivity contribution in [3.8, 4) is 0 Å². The number of likely N-dealkylation sites (N-methyl/N-ethyl adjacent to an activating group) is 1. The zero-order valence-electron chi connectivity index (χ0n) is 9.95. The second-order valence-electron chi connectivity index (χ2n) is 3.65. The highest BCUT2D eigenvalue weighted by atomic mass is 16.3. The summed E-state index contributed by atoms with van der Waals surface area (Å²) in [5, 5.41) is 13.1. The van der Waals surface area contributed by atoms with Crippen LogP contribution in [0.3, 0.4) is 0 Å². The van der Waals surface area contributed by atoms with Crippen LogP contribution in [0.4, 0.5) is 4.79 Å². The minimum atomic E-state index is -0.487. The summed E-state index contributed by atoms with van der Waals surface area (Å²) in [6.45, 7) is 1.19. The van der Waals surface area contributed by atoms with E-state index in [0.29, 0.717) is 0 Å². The fourth-order valence-electron chi connectivity index (χ4n) is 1.22. The molecule has 0 aromatic heterocycles. The Hall–Kier alpha value is -1.14. The number of aliphatic hydroxyl groups excluding tert-OH is 1. The van der Waals surface area contributed by atoms with Gasteiger partial charge < -0.3 is 10.4 Å². The molecule has 0 fully saturated rings. The van der Waals surface area contributed by atoms with Gasteiger partial charge >= 0.3 is 6.03 Å². The van der Waals surface area contributed by atoms with Gasteiger partial charge in [0.1, 0.15) is 0 Å². The van der Waals surface area contributed by atoms with E-state index in [2.05, 4.69) is 10.6 Å². The summed E-state index contributed by atoms with van der Waals surface area (Å²) in [6, 6.07) is -0.487. The second kappa shape index (κ2) is 9.11. The van der Waals surface area contributed by atoms with Crippen LogP contribution in [0, 0.1) is 0 Å². The molecule has 6 heteroatoms. The molecule has 0 bridgehead atoms. The van der Waals surface area contributed by atoms with Gasteiger partial charge in [0.05, 0.1) is 6.54 Å². The molecular weight excluding hydrogens is 210 g/mol. The van der Waals surface area contributed by atoms with E-state index in [1.165, 1.54) is 7.05 Å². The summed E-state index contributed by atoms with van der Waals surface area (Å²) in [5.41, 5.74) is 0. The van der Waals surface area contributed by atoms with Gasteiger partial charge in [0.25, 0.3) is 0 Å². The molecular formula is C10H21N3O3. The number of hydrogen-bond acceptors (Lipinski definition) is 4. The fraction of sp³-hybridized carbons (Fsp3) is 0.800. The van der Waals surface area contributed by atoms with E-state index in [1.807, 2.05) is 11.9 Å². The lowest BCUT2D eigenvalue weighted by Crippen LogP contribution is -2.42. The third kappa shape index (κ3) is 8.19. The van der Waals surface area contributed by atoms with E-state index in [9.17, 15) is 9.59 Å². The van der Waals surface area contributed by atoms with E-state index in [-0.39, 0.29) is 19.1 Å². The number of nitrogens with one attached hydrogen (secondary N) is 2. The van der Waals surface area contributed by atoms with Crippen molar-refractivity contribution in [1.82, 2.24) is 15.5 Å². The number of urea groups is 1. The molecule has 0 saturated carbocycles. The van der Waals surface area contributed by atoms with Gasteiger partial charge in [0.2, 0.25) is 5.91 Å². The minimum Gasteiger partial charge on any atom is -0.396 e. The Balaban J connectivity index is 3.58. The lowest BCUT2D eigenvalue weighted by Gasteiger charge is -2.15. The molecule has 0 rings (SSSR count). The van der Waals surface area contributed by atoms with Gasteiger partial charge in [-0.2, -0.15) is 0 Å². The quantitative estimate of drug-likeness (QED) is 0.518. The van der Waals surface area contributed by atoms with E-state index in [0.717, 1.165) is 25.8 Å². The predicted molar refractivity (Wildman–Crippen MR) is 61.0 cm³/mol. The number of rotatable bonds is 7. The van der Waals surface area contributed by atoms with Gasteiger partial charge in [0, 0.05) is 13.7 Å². The van der Waals surface area contributed by atoms with Gasteiger partial charge in [-0.15, -0.1) is 0 Å². The molecule has 0 spiro atoms. The van der Waals surface area contributed by atoms with Crippen LogP contribution >= 0.6 is 0 Å². The van der Waals surface area contributed by atoms with Crippen LogP contribution in [-0.4, -0.2) is 55.7 Å². The fourth-order valence-corrected chi connectivity index (χ4v) is 1.22. The Labute approximate surface area is 96.0 Å². The van der Waals surface area contributed by atoms with Crippen molar-refractivity contribution < 1.29 is 14.7 Å². The van der Waals surface area contributed by atoms with Crippen LogP contribution in [0.2, 0.25) is 0 Å². The Kier molecular flexibility index (Phi) is 8.46. The van der Waals surface area contributed by atoms with Crippen molar-refractivity contribution in [3.05, 3.63) is 0 Å². The summed E-state index contributed by atoms with van der Waals surface area (Å²) >= 11 is 0. The molecule has 0 aliphatic rings. The lowest BCUT2D eigenvalue weighted by atomic mass is 10.2. The number of aliphatic hydroxyl groups is 1. The molecule has 0 aliphatic heterocycles.